The van der Waals surface area contributed by atoms with Gasteiger partial charge in [0.2, 0.25) is 0 Å². The molecule has 1 rings (SSSR count). The van der Waals surface area contributed by atoms with Crippen molar-refractivity contribution in [3.63, 3.8) is 0 Å². The minimum absolute atomic E-state index is 0.0693. The highest BCUT2D eigenvalue weighted by molar-refractivity contribution is 6.33. The average molecular weight is 222 g/mol. The van der Waals surface area contributed by atoms with Gasteiger partial charge >= 0.3 is 5.97 Å². The van der Waals surface area contributed by atoms with Crippen LogP contribution in [0.25, 0.3) is 0 Å². The lowest BCUT2D eigenvalue weighted by Gasteiger charge is -2.27. The molecule has 1 unspecified atom stereocenters. The fraction of sp³-hybridized carbons (Fsp3) is 0.375. The van der Waals surface area contributed by atoms with Crippen LogP contribution in [0.15, 0.2) is 22.4 Å². The van der Waals surface area contributed by atoms with Crippen LogP contribution < -0.4 is 5.32 Å². The number of aliphatic carboxylic acids is 1. The van der Waals surface area contributed by atoms with Gasteiger partial charge in [0.1, 0.15) is 10.2 Å². The molecule has 0 saturated heterocycles. The molecular formula is C8H9Cl2NO2. The lowest BCUT2D eigenvalue weighted by Crippen LogP contribution is -2.37. The Morgan fingerprint density at radius 1 is 1.69 bits per heavy atom. The van der Waals surface area contributed by atoms with Crippen LogP contribution in [-0.2, 0) is 4.79 Å². The van der Waals surface area contributed by atoms with Crippen molar-refractivity contribution in [2.45, 2.75) is 18.8 Å². The SMILES string of the molecule is CC1=CC(C)(Cl)NC(Cl)=C1C(=O)O. The Morgan fingerprint density at radius 2 is 2.23 bits per heavy atom. The molecule has 0 spiro atoms. The second-order valence-electron chi connectivity index (χ2n) is 3.02. The molecule has 2 N–H and O–H groups in total. The summed E-state index contributed by atoms with van der Waals surface area (Å²) < 4.78 is 0. The van der Waals surface area contributed by atoms with Gasteiger partial charge in [-0.05, 0) is 25.5 Å². The minimum Gasteiger partial charge on any atom is -0.478 e. The summed E-state index contributed by atoms with van der Waals surface area (Å²) >= 11 is 11.7. The fourth-order valence-corrected chi connectivity index (χ4v) is 1.96. The van der Waals surface area contributed by atoms with E-state index in [0.717, 1.165) is 0 Å². The Bertz CT molecular complexity index is 318. The molecule has 0 saturated carbocycles. The predicted molar refractivity (Wildman–Crippen MR) is 51.7 cm³/mol. The first-order chi connectivity index (χ1) is 5.83. The monoisotopic (exact) mass is 221 g/mol. The number of hydrogen-bond donors (Lipinski definition) is 2. The first kappa shape index (κ1) is 10.4. The summed E-state index contributed by atoms with van der Waals surface area (Å²) in [4.78, 5) is 9.91. The lowest BCUT2D eigenvalue weighted by molar-refractivity contribution is -0.132. The van der Waals surface area contributed by atoms with Gasteiger partial charge in [0.25, 0.3) is 0 Å². The zero-order valence-corrected chi connectivity index (χ0v) is 8.70. The van der Waals surface area contributed by atoms with Crippen LogP contribution in [0, 0.1) is 0 Å². The van der Waals surface area contributed by atoms with Gasteiger partial charge in [-0.15, -0.1) is 0 Å². The highest BCUT2D eigenvalue weighted by atomic mass is 35.5. The molecule has 0 bridgehead atoms. The molecule has 0 radical (unpaired) electrons. The van der Waals surface area contributed by atoms with E-state index >= 15 is 0 Å². The molecule has 0 aromatic rings. The van der Waals surface area contributed by atoms with Crippen molar-refractivity contribution in [2.24, 2.45) is 0 Å². The molecule has 0 aromatic heterocycles. The molecule has 1 aliphatic heterocycles. The number of hydrogen-bond acceptors (Lipinski definition) is 2. The smallest absolute Gasteiger partial charge is 0.339 e. The lowest BCUT2D eigenvalue weighted by atomic mass is 10.0. The summed E-state index contributed by atoms with van der Waals surface area (Å²) in [6, 6.07) is 0. The number of carboxylic acid groups (broad SMARTS) is 1. The van der Waals surface area contributed by atoms with Crippen LogP contribution in [0.4, 0.5) is 0 Å². The van der Waals surface area contributed by atoms with Crippen molar-refractivity contribution in [1.29, 1.82) is 0 Å². The Kier molecular flexibility index (Phi) is 2.59. The predicted octanol–water partition coefficient (Wildman–Crippen LogP) is 2.03. The Hall–Kier alpha value is -0.670. The number of carboxylic acids is 1. The summed E-state index contributed by atoms with van der Waals surface area (Å²) in [7, 11) is 0. The first-order valence-corrected chi connectivity index (χ1v) is 4.39. The molecule has 5 heteroatoms. The Morgan fingerprint density at radius 3 is 2.62 bits per heavy atom. The number of alkyl halides is 1. The van der Waals surface area contributed by atoms with Gasteiger partial charge < -0.3 is 10.4 Å². The van der Waals surface area contributed by atoms with Crippen molar-refractivity contribution in [3.8, 4) is 0 Å². The number of dihydropyridines is 1. The zero-order chi connectivity index (χ0) is 10.2. The average Bonchev–Trinajstić information content (AvgIpc) is 1.78. The second kappa shape index (κ2) is 3.24. The van der Waals surface area contributed by atoms with Crippen molar-refractivity contribution < 1.29 is 9.90 Å². The molecule has 1 aliphatic rings. The highest BCUT2D eigenvalue weighted by Gasteiger charge is 2.28. The van der Waals surface area contributed by atoms with E-state index in [2.05, 4.69) is 5.32 Å². The minimum atomic E-state index is -1.06. The molecule has 0 aromatic carbocycles. The quantitative estimate of drug-likeness (QED) is 0.527. The summed E-state index contributed by atoms with van der Waals surface area (Å²) in [6.45, 7) is 3.35. The van der Waals surface area contributed by atoms with Gasteiger partial charge in [-0.25, -0.2) is 4.79 Å². The zero-order valence-electron chi connectivity index (χ0n) is 7.19. The standard InChI is InChI=1S/C8H9Cl2NO2/c1-4-3-8(2,10)11-6(9)5(4)7(12)13/h3,11H,1-2H3,(H,12,13). The molecule has 72 valence electrons. The van der Waals surface area contributed by atoms with Crippen LogP contribution >= 0.6 is 23.2 Å². The van der Waals surface area contributed by atoms with Crippen molar-refractivity contribution in [3.05, 3.63) is 22.4 Å². The van der Waals surface area contributed by atoms with E-state index < -0.39 is 11.0 Å². The number of halogens is 2. The van der Waals surface area contributed by atoms with E-state index in [0.29, 0.717) is 5.57 Å². The third-order valence-electron chi connectivity index (χ3n) is 1.67. The molecule has 3 nitrogen and oxygen atoms in total. The van der Waals surface area contributed by atoms with Crippen LogP contribution in [0.2, 0.25) is 0 Å². The normalized spacial score (nSPS) is 28.2. The molecule has 0 aliphatic carbocycles. The molecule has 1 heterocycles. The summed E-state index contributed by atoms with van der Waals surface area (Å²) in [5, 5.41) is 11.5. The molecule has 1 atom stereocenters. The molecule has 0 amide bonds. The van der Waals surface area contributed by atoms with E-state index in [4.69, 9.17) is 28.3 Å². The number of carbonyl (C=O) groups is 1. The van der Waals surface area contributed by atoms with Gasteiger partial charge in [-0.2, -0.15) is 0 Å². The van der Waals surface area contributed by atoms with Gasteiger partial charge in [0.15, 0.2) is 0 Å². The van der Waals surface area contributed by atoms with Gasteiger partial charge in [-0.1, -0.05) is 23.2 Å². The molecule has 0 fully saturated rings. The van der Waals surface area contributed by atoms with E-state index in [1.165, 1.54) is 0 Å². The highest BCUT2D eigenvalue weighted by Crippen LogP contribution is 2.29. The van der Waals surface area contributed by atoms with E-state index in [9.17, 15) is 4.79 Å². The van der Waals surface area contributed by atoms with Crippen LogP contribution in [0.1, 0.15) is 13.8 Å². The van der Waals surface area contributed by atoms with Crippen LogP contribution in [0.5, 0.6) is 0 Å². The van der Waals surface area contributed by atoms with Crippen molar-refractivity contribution in [2.75, 3.05) is 0 Å². The Labute approximate surface area is 86.0 Å². The number of nitrogens with one attached hydrogen (secondary N) is 1. The largest absolute Gasteiger partial charge is 0.478 e. The first-order valence-electron chi connectivity index (χ1n) is 3.63. The molecular weight excluding hydrogens is 213 g/mol. The van der Waals surface area contributed by atoms with Crippen molar-refractivity contribution in [1.82, 2.24) is 5.32 Å². The van der Waals surface area contributed by atoms with Crippen molar-refractivity contribution >= 4 is 29.2 Å². The maximum Gasteiger partial charge on any atom is 0.339 e. The second-order valence-corrected chi connectivity index (χ2v) is 4.19. The topological polar surface area (TPSA) is 49.3 Å². The van der Waals surface area contributed by atoms with Crippen LogP contribution in [-0.4, -0.2) is 16.1 Å². The summed E-state index contributed by atoms with van der Waals surface area (Å²) in [5.74, 6) is -1.06. The third-order valence-corrected chi connectivity index (χ3v) is 2.16. The van der Waals surface area contributed by atoms with Crippen LogP contribution in [0.3, 0.4) is 0 Å². The van der Waals surface area contributed by atoms with Gasteiger partial charge in [0, 0.05) is 0 Å². The van der Waals surface area contributed by atoms with E-state index in [1.807, 2.05) is 0 Å². The fourth-order valence-electron chi connectivity index (χ4n) is 1.23. The van der Waals surface area contributed by atoms with E-state index in [1.54, 1.807) is 19.9 Å². The maximum atomic E-state index is 10.7. The maximum absolute atomic E-state index is 10.7. The molecule has 13 heavy (non-hydrogen) atoms. The Balaban J connectivity index is 3.13. The van der Waals surface area contributed by atoms with E-state index in [-0.39, 0.29) is 10.7 Å². The third kappa shape index (κ3) is 2.17. The summed E-state index contributed by atoms with van der Waals surface area (Å²) in [5.41, 5.74) is 0.633. The van der Waals surface area contributed by atoms with Gasteiger partial charge in [-0.3, -0.25) is 0 Å². The number of rotatable bonds is 1. The summed E-state index contributed by atoms with van der Waals surface area (Å²) in [6.07, 6.45) is 1.61. The van der Waals surface area contributed by atoms with Gasteiger partial charge in [0.05, 0.1) is 5.57 Å².